The van der Waals surface area contributed by atoms with E-state index in [-0.39, 0.29) is 0 Å². The van der Waals surface area contributed by atoms with Crippen LogP contribution in [-0.2, 0) is 0 Å². The van der Waals surface area contributed by atoms with Gasteiger partial charge >= 0.3 is 0 Å². The second kappa shape index (κ2) is 3.79. The molecule has 0 aliphatic carbocycles. The van der Waals surface area contributed by atoms with Crippen LogP contribution in [-0.4, -0.2) is 33.5 Å². The summed E-state index contributed by atoms with van der Waals surface area (Å²) in [5.41, 5.74) is 2.77. The lowest BCUT2D eigenvalue weighted by atomic mass is 9.77. The minimum absolute atomic E-state index is 0.359. The molecule has 1 fully saturated rings. The number of benzene rings is 1. The van der Waals surface area contributed by atoms with Gasteiger partial charge in [-0.15, -0.1) is 0 Å². The van der Waals surface area contributed by atoms with Crippen molar-refractivity contribution in [3.05, 3.63) is 17.7 Å². The zero-order valence-corrected chi connectivity index (χ0v) is 10.6. The Labute approximate surface area is 107 Å². The van der Waals surface area contributed by atoms with Crippen LogP contribution in [0.5, 0.6) is 11.5 Å². The Morgan fingerprint density at radius 3 is 3.00 bits per heavy atom. The van der Waals surface area contributed by atoms with E-state index in [0.717, 1.165) is 37.1 Å². The highest BCUT2D eigenvalue weighted by Gasteiger charge is 2.35. The minimum atomic E-state index is 0.359. The number of nitrogens with zero attached hydrogens (tertiary/aromatic N) is 1. The summed E-state index contributed by atoms with van der Waals surface area (Å²) < 4.78 is 11.0. The quantitative estimate of drug-likeness (QED) is 0.753. The number of hydrogen-bond donors (Lipinski definition) is 1. The van der Waals surface area contributed by atoms with Gasteiger partial charge < -0.3 is 19.7 Å². The van der Waals surface area contributed by atoms with E-state index >= 15 is 0 Å². The lowest BCUT2D eigenvalue weighted by molar-refractivity contribution is 0.174. The molecule has 18 heavy (non-hydrogen) atoms. The first-order chi connectivity index (χ1) is 8.83. The molecule has 3 aliphatic heterocycles. The molecule has 4 nitrogen and oxygen atoms in total. The minimum Gasteiger partial charge on any atom is -0.454 e. The Bertz CT molecular complexity index is 489. The van der Waals surface area contributed by atoms with Crippen molar-refractivity contribution in [3.63, 3.8) is 0 Å². The first kappa shape index (κ1) is 10.5. The van der Waals surface area contributed by atoms with E-state index in [1.165, 1.54) is 17.7 Å². The lowest BCUT2D eigenvalue weighted by Crippen LogP contribution is -2.44. The van der Waals surface area contributed by atoms with Gasteiger partial charge in [-0.3, -0.25) is 0 Å². The number of fused-ring (bicyclic) bond motifs is 4. The summed E-state index contributed by atoms with van der Waals surface area (Å²) in [5.74, 6) is 3.21. The number of ether oxygens (including phenoxy) is 2. The van der Waals surface area contributed by atoms with Crippen molar-refractivity contribution in [1.82, 2.24) is 5.32 Å². The van der Waals surface area contributed by atoms with E-state index < -0.39 is 0 Å². The average molecular weight is 246 g/mol. The molecule has 2 unspecified atom stereocenters. The predicted molar refractivity (Wildman–Crippen MR) is 69.6 cm³/mol. The molecule has 0 radical (unpaired) electrons. The van der Waals surface area contributed by atoms with Gasteiger partial charge in [0.1, 0.15) is 0 Å². The number of piperidine rings is 1. The third kappa shape index (κ3) is 1.42. The zero-order valence-electron chi connectivity index (χ0n) is 10.6. The van der Waals surface area contributed by atoms with Crippen LogP contribution in [0.1, 0.15) is 17.9 Å². The molecule has 2 atom stereocenters. The second-order valence-corrected chi connectivity index (χ2v) is 5.50. The maximum absolute atomic E-state index is 5.52. The lowest BCUT2D eigenvalue weighted by Gasteiger charge is -2.42. The Hall–Kier alpha value is -1.42. The summed E-state index contributed by atoms with van der Waals surface area (Å²) in [4.78, 5) is 2.35. The van der Waals surface area contributed by atoms with Crippen LogP contribution in [0.3, 0.4) is 0 Å². The van der Waals surface area contributed by atoms with Gasteiger partial charge in [0.2, 0.25) is 6.79 Å². The van der Waals surface area contributed by atoms with Gasteiger partial charge in [-0.2, -0.15) is 0 Å². The molecule has 0 aromatic heterocycles. The van der Waals surface area contributed by atoms with Crippen LogP contribution in [0.2, 0.25) is 0 Å². The Balaban J connectivity index is 1.82. The molecule has 1 N–H and O–H groups in total. The molecule has 0 bridgehead atoms. The number of anilines is 1. The highest BCUT2D eigenvalue weighted by molar-refractivity contribution is 5.65. The van der Waals surface area contributed by atoms with Crippen molar-refractivity contribution in [1.29, 1.82) is 0 Å². The van der Waals surface area contributed by atoms with Gasteiger partial charge in [0.25, 0.3) is 0 Å². The molecular formula is C14H18N2O2. The van der Waals surface area contributed by atoms with Gasteiger partial charge in [0.15, 0.2) is 11.5 Å². The van der Waals surface area contributed by atoms with Gasteiger partial charge in [0, 0.05) is 31.9 Å². The average Bonchev–Trinajstić information content (AvgIpc) is 2.84. The van der Waals surface area contributed by atoms with E-state index in [0.29, 0.717) is 12.7 Å². The largest absolute Gasteiger partial charge is 0.454 e. The third-order valence-electron chi connectivity index (χ3n) is 4.45. The van der Waals surface area contributed by atoms with Crippen molar-refractivity contribution in [3.8, 4) is 11.5 Å². The van der Waals surface area contributed by atoms with Crippen molar-refractivity contribution < 1.29 is 9.47 Å². The summed E-state index contributed by atoms with van der Waals surface area (Å²) in [7, 11) is 2.17. The molecule has 3 aliphatic rings. The fraction of sp³-hybridized carbons (Fsp3) is 0.571. The fourth-order valence-corrected chi connectivity index (χ4v) is 3.55. The summed E-state index contributed by atoms with van der Waals surface area (Å²) in [6.07, 6.45) is 1.23. The SMILES string of the molecule is CN1CC2CNCCC2c2cc3c(cc21)OCO3. The molecule has 4 heteroatoms. The zero-order chi connectivity index (χ0) is 12.1. The van der Waals surface area contributed by atoms with Crippen LogP contribution < -0.4 is 19.7 Å². The number of hydrogen-bond acceptors (Lipinski definition) is 4. The van der Waals surface area contributed by atoms with E-state index in [9.17, 15) is 0 Å². The Morgan fingerprint density at radius 1 is 1.28 bits per heavy atom. The normalized spacial score (nSPS) is 28.8. The molecule has 0 amide bonds. The smallest absolute Gasteiger partial charge is 0.231 e. The van der Waals surface area contributed by atoms with Crippen LogP contribution >= 0.6 is 0 Å². The van der Waals surface area contributed by atoms with Crippen molar-refractivity contribution in [2.75, 3.05) is 38.4 Å². The second-order valence-electron chi connectivity index (χ2n) is 5.50. The molecule has 1 saturated heterocycles. The van der Waals surface area contributed by atoms with Crippen LogP contribution in [0.15, 0.2) is 12.1 Å². The Morgan fingerprint density at radius 2 is 2.11 bits per heavy atom. The first-order valence-corrected chi connectivity index (χ1v) is 6.68. The summed E-state index contributed by atoms with van der Waals surface area (Å²) >= 11 is 0. The van der Waals surface area contributed by atoms with E-state index in [4.69, 9.17) is 9.47 Å². The molecule has 1 aromatic rings. The van der Waals surface area contributed by atoms with Crippen LogP contribution in [0.25, 0.3) is 0 Å². The third-order valence-corrected chi connectivity index (χ3v) is 4.45. The van der Waals surface area contributed by atoms with Gasteiger partial charge in [0.05, 0.1) is 0 Å². The maximum atomic E-state index is 5.52. The topological polar surface area (TPSA) is 33.7 Å². The van der Waals surface area contributed by atoms with E-state index in [2.05, 4.69) is 29.4 Å². The van der Waals surface area contributed by atoms with Crippen molar-refractivity contribution in [2.24, 2.45) is 5.92 Å². The molecule has 3 heterocycles. The Kier molecular flexibility index (Phi) is 2.21. The monoisotopic (exact) mass is 246 g/mol. The summed E-state index contributed by atoms with van der Waals surface area (Å²) in [6.45, 7) is 3.74. The molecular weight excluding hydrogens is 228 g/mol. The standard InChI is InChI=1S/C14H18N2O2/c1-16-7-9-6-15-3-2-10(9)11-4-13-14(5-12(11)16)18-8-17-13/h4-5,9-10,15H,2-3,6-8H2,1H3. The number of nitrogens with one attached hydrogen (secondary N) is 1. The molecule has 4 rings (SSSR count). The van der Waals surface area contributed by atoms with Crippen LogP contribution in [0, 0.1) is 5.92 Å². The highest BCUT2D eigenvalue weighted by atomic mass is 16.7. The predicted octanol–water partition coefficient (Wildman–Crippen LogP) is 1.56. The molecule has 1 aromatic carbocycles. The van der Waals surface area contributed by atoms with Gasteiger partial charge in [-0.1, -0.05) is 0 Å². The summed E-state index contributed by atoms with van der Waals surface area (Å²) in [6, 6.07) is 4.35. The van der Waals surface area contributed by atoms with Crippen molar-refractivity contribution in [2.45, 2.75) is 12.3 Å². The molecule has 96 valence electrons. The van der Waals surface area contributed by atoms with Crippen molar-refractivity contribution >= 4 is 5.69 Å². The molecule has 0 spiro atoms. The summed E-state index contributed by atoms with van der Waals surface area (Å²) in [5, 5.41) is 3.51. The van der Waals surface area contributed by atoms with Gasteiger partial charge in [-0.25, -0.2) is 0 Å². The maximum Gasteiger partial charge on any atom is 0.231 e. The van der Waals surface area contributed by atoms with E-state index in [1.807, 2.05) is 0 Å². The first-order valence-electron chi connectivity index (χ1n) is 6.68. The molecule has 0 saturated carbocycles. The van der Waals surface area contributed by atoms with E-state index in [1.54, 1.807) is 0 Å². The number of rotatable bonds is 0. The highest BCUT2D eigenvalue weighted by Crippen LogP contribution is 2.47. The fourth-order valence-electron chi connectivity index (χ4n) is 3.55. The van der Waals surface area contributed by atoms with Crippen LogP contribution in [0.4, 0.5) is 5.69 Å². The van der Waals surface area contributed by atoms with Gasteiger partial charge in [-0.05, 0) is 36.4 Å².